The molecule has 1 aromatic heterocycles. The molecular weight excluding hydrogens is 256 g/mol. The van der Waals surface area contributed by atoms with Gasteiger partial charge in [0.1, 0.15) is 0 Å². The highest BCUT2D eigenvalue weighted by Gasteiger charge is 2.20. The third kappa shape index (κ3) is 3.80. The van der Waals surface area contributed by atoms with Crippen molar-refractivity contribution in [2.45, 2.75) is 45.6 Å². The number of amides is 1. The van der Waals surface area contributed by atoms with Crippen LogP contribution in [0.3, 0.4) is 0 Å². The van der Waals surface area contributed by atoms with Crippen LogP contribution in [0.1, 0.15) is 54.8 Å². The zero-order chi connectivity index (χ0) is 13.8. The molecule has 2 rings (SSSR count). The van der Waals surface area contributed by atoms with Crippen LogP contribution in [-0.2, 0) is 0 Å². The van der Waals surface area contributed by atoms with Gasteiger partial charge in [-0.05, 0) is 31.4 Å². The van der Waals surface area contributed by atoms with E-state index in [2.05, 4.69) is 31.0 Å². The lowest BCUT2D eigenvalue weighted by molar-refractivity contribution is 0.0913. The Hall–Kier alpha value is -0.870. The fourth-order valence-electron chi connectivity index (χ4n) is 2.44. The minimum absolute atomic E-state index is 0.0955. The summed E-state index contributed by atoms with van der Waals surface area (Å²) in [4.78, 5) is 15.9. The summed E-state index contributed by atoms with van der Waals surface area (Å²) in [5.41, 5.74) is 0.826. The van der Waals surface area contributed by atoms with Crippen molar-refractivity contribution in [3.05, 3.63) is 21.9 Å². The van der Waals surface area contributed by atoms with E-state index in [1.54, 1.807) is 11.3 Å². The lowest BCUT2D eigenvalue weighted by Crippen LogP contribution is -2.44. The van der Waals surface area contributed by atoms with Crippen LogP contribution in [0.2, 0.25) is 0 Å². The summed E-state index contributed by atoms with van der Waals surface area (Å²) < 4.78 is 0. The molecule has 2 heterocycles. The number of hydrogen-bond acceptors (Lipinski definition) is 3. The van der Waals surface area contributed by atoms with Gasteiger partial charge in [0.05, 0.1) is 5.56 Å². The van der Waals surface area contributed by atoms with E-state index in [0.29, 0.717) is 12.0 Å². The first kappa shape index (κ1) is 14.5. The predicted molar refractivity (Wildman–Crippen MR) is 81.0 cm³/mol. The van der Waals surface area contributed by atoms with Gasteiger partial charge in [0, 0.05) is 29.4 Å². The second kappa shape index (κ2) is 6.53. The van der Waals surface area contributed by atoms with Crippen LogP contribution in [-0.4, -0.2) is 36.5 Å². The maximum Gasteiger partial charge on any atom is 0.252 e. The second-order valence-electron chi connectivity index (χ2n) is 5.57. The van der Waals surface area contributed by atoms with Gasteiger partial charge in [-0.15, -0.1) is 11.3 Å². The maximum atomic E-state index is 12.2. The van der Waals surface area contributed by atoms with Crippen LogP contribution in [0.5, 0.6) is 0 Å². The average molecular weight is 280 g/mol. The summed E-state index contributed by atoms with van der Waals surface area (Å²) in [7, 11) is 0. The van der Waals surface area contributed by atoms with Crippen LogP contribution >= 0.6 is 11.3 Å². The summed E-state index contributed by atoms with van der Waals surface area (Å²) in [6.07, 6.45) is 2.14. The van der Waals surface area contributed by atoms with E-state index in [0.717, 1.165) is 38.0 Å². The smallest absolute Gasteiger partial charge is 0.252 e. The predicted octanol–water partition coefficient (Wildman–Crippen LogP) is 3.09. The van der Waals surface area contributed by atoms with E-state index in [-0.39, 0.29) is 5.91 Å². The molecule has 1 aliphatic rings. The second-order valence-corrected chi connectivity index (χ2v) is 6.52. The van der Waals surface area contributed by atoms with Crippen LogP contribution in [0.25, 0.3) is 0 Å². The lowest BCUT2D eigenvalue weighted by Gasteiger charge is -2.31. The summed E-state index contributed by atoms with van der Waals surface area (Å²) in [5.74, 6) is 0.595. The first-order chi connectivity index (χ1) is 9.10. The molecule has 0 saturated carbocycles. The normalized spacial score (nSPS) is 17.9. The van der Waals surface area contributed by atoms with E-state index in [1.165, 1.54) is 4.88 Å². The topological polar surface area (TPSA) is 32.3 Å². The number of piperidine rings is 1. The van der Waals surface area contributed by atoms with E-state index in [1.807, 2.05) is 11.4 Å². The van der Waals surface area contributed by atoms with Gasteiger partial charge in [-0.1, -0.05) is 20.8 Å². The van der Waals surface area contributed by atoms with Crippen molar-refractivity contribution < 1.29 is 4.79 Å². The molecule has 0 aliphatic carbocycles. The Morgan fingerprint density at radius 2 is 2.16 bits per heavy atom. The summed E-state index contributed by atoms with van der Waals surface area (Å²) in [5, 5.41) is 5.15. The fraction of sp³-hybridized carbons (Fsp3) is 0.667. The number of carbonyl (C=O) groups is 1. The molecule has 0 bridgehead atoms. The van der Waals surface area contributed by atoms with Crippen molar-refractivity contribution in [2.24, 2.45) is 0 Å². The highest BCUT2D eigenvalue weighted by atomic mass is 32.1. The molecule has 19 heavy (non-hydrogen) atoms. The van der Waals surface area contributed by atoms with E-state index in [4.69, 9.17) is 0 Å². The number of rotatable bonds is 4. The standard InChI is InChI=1S/C15H24N2OS/c1-4-17-7-5-13(6-8-17)16-15(18)12-9-14(11(2)3)19-10-12/h9-11,13H,4-8H2,1-3H3,(H,16,18). The quantitative estimate of drug-likeness (QED) is 0.919. The molecular formula is C15H24N2OS. The first-order valence-corrected chi connectivity index (χ1v) is 8.09. The molecule has 1 fully saturated rings. The van der Waals surface area contributed by atoms with Gasteiger partial charge < -0.3 is 10.2 Å². The maximum absolute atomic E-state index is 12.2. The molecule has 106 valence electrons. The first-order valence-electron chi connectivity index (χ1n) is 7.21. The van der Waals surface area contributed by atoms with Crippen molar-refractivity contribution in [3.8, 4) is 0 Å². The molecule has 1 aromatic rings. The molecule has 1 aliphatic heterocycles. The monoisotopic (exact) mass is 280 g/mol. The molecule has 1 amide bonds. The number of likely N-dealkylation sites (tertiary alicyclic amines) is 1. The fourth-order valence-corrected chi connectivity index (χ4v) is 3.34. The third-order valence-corrected chi connectivity index (χ3v) is 5.05. The molecule has 0 spiro atoms. The average Bonchev–Trinajstić information content (AvgIpc) is 2.89. The van der Waals surface area contributed by atoms with Crippen molar-refractivity contribution in [1.82, 2.24) is 10.2 Å². The lowest BCUT2D eigenvalue weighted by atomic mass is 10.0. The van der Waals surface area contributed by atoms with Gasteiger partial charge >= 0.3 is 0 Å². The van der Waals surface area contributed by atoms with Crippen LogP contribution in [0.15, 0.2) is 11.4 Å². The Bertz CT molecular complexity index is 420. The zero-order valence-corrected chi connectivity index (χ0v) is 12.9. The summed E-state index contributed by atoms with van der Waals surface area (Å²) in [6.45, 7) is 9.83. The SMILES string of the molecule is CCN1CCC(NC(=O)c2csc(C(C)C)c2)CC1. The number of thiophene rings is 1. The van der Waals surface area contributed by atoms with Crippen molar-refractivity contribution in [3.63, 3.8) is 0 Å². The Labute approximate surface area is 120 Å². The largest absolute Gasteiger partial charge is 0.349 e. The molecule has 0 atom stereocenters. The van der Waals surface area contributed by atoms with E-state index in [9.17, 15) is 4.79 Å². The molecule has 4 heteroatoms. The molecule has 1 saturated heterocycles. The van der Waals surface area contributed by atoms with Gasteiger partial charge in [-0.25, -0.2) is 0 Å². The van der Waals surface area contributed by atoms with Crippen molar-refractivity contribution >= 4 is 17.2 Å². The highest BCUT2D eigenvalue weighted by molar-refractivity contribution is 7.10. The van der Waals surface area contributed by atoms with Gasteiger partial charge in [-0.3, -0.25) is 4.79 Å². The molecule has 1 N–H and O–H groups in total. The molecule has 3 nitrogen and oxygen atoms in total. The molecule has 0 radical (unpaired) electrons. The molecule has 0 unspecified atom stereocenters. The van der Waals surface area contributed by atoms with Crippen LogP contribution in [0.4, 0.5) is 0 Å². The van der Waals surface area contributed by atoms with Crippen LogP contribution < -0.4 is 5.32 Å². The third-order valence-electron chi connectivity index (χ3n) is 3.82. The number of carbonyl (C=O) groups excluding carboxylic acids is 1. The van der Waals surface area contributed by atoms with E-state index >= 15 is 0 Å². The van der Waals surface area contributed by atoms with Crippen molar-refractivity contribution in [1.29, 1.82) is 0 Å². The Morgan fingerprint density at radius 1 is 1.47 bits per heavy atom. The zero-order valence-electron chi connectivity index (χ0n) is 12.1. The summed E-state index contributed by atoms with van der Waals surface area (Å²) >= 11 is 1.68. The minimum Gasteiger partial charge on any atom is -0.349 e. The van der Waals surface area contributed by atoms with Crippen molar-refractivity contribution in [2.75, 3.05) is 19.6 Å². The van der Waals surface area contributed by atoms with Gasteiger partial charge in [0.25, 0.3) is 5.91 Å². The Kier molecular flexibility index (Phi) is 4.99. The summed E-state index contributed by atoms with van der Waals surface area (Å²) in [6, 6.07) is 2.38. The van der Waals surface area contributed by atoms with Gasteiger partial charge in [0.2, 0.25) is 0 Å². The molecule has 0 aromatic carbocycles. The van der Waals surface area contributed by atoms with Crippen LogP contribution in [0, 0.1) is 0 Å². The van der Waals surface area contributed by atoms with Gasteiger partial charge in [0.15, 0.2) is 0 Å². The highest BCUT2D eigenvalue weighted by Crippen LogP contribution is 2.23. The van der Waals surface area contributed by atoms with Gasteiger partial charge in [-0.2, -0.15) is 0 Å². The Balaban J connectivity index is 1.87. The number of nitrogens with one attached hydrogen (secondary N) is 1. The Morgan fingerprint density at radius 3 is 2.68 bits per heavy atom. The van der Waals surface area contributed by atoms with E-state index < -0.39 is 0 Å². The number of nitrogens with zero attached hydrogens (tertiary/aromatic N) is 1. The number of hydrogen-bond donors (Lipinski definition) is 1. The minimum atomic E-state index is 0.0955.